The maximum absolute atomic E-state index is 13.5. The van der Waals surface area contributed by atoms with Gasteiger partial charge in [0, 0.05) is 24.0 Å². The van der Waals surface area contributed by atoms with Crippen molar-refractivity contribution in [2.75, 3.05) is 17.7 Å². The van der Waals surface area contributed by atoms with Gasteiger partial charge in [-0.05, 0) is 54.1 Å². The van der Waals surface area contributed by atoms with Crippen molar-refractivity contribution in [3.05, 3.63) is 114 Å². The molecular formula is C26H22FN3O3. The molecule has 0 radical (unpaired) electrons. The van der Waals surface area contributed by atoms with Crippen LogP contribution in [0.2, 0.25) is 0 Å². The Hall–Kier alpha value is -4.39. The van der Waals surface area contributed by atoms with Gasteiger partial charge in [-0.1, -0.05) is 36.4 Å². The van der Waals surface area contributed by atoms with Gasteiger partial charge in [-0.15, -0.1) is 0 Å². The van der Waals surface area contributed by atoms with E-state index in [0.717, 1.165) is 11.6 Å². The van der Waals surface area contributed by atoms with Crippen LogP contribution in [0.4, 0.5) is 15.8 Å². The summed E-state index contributed by atoms with van der Waals surface area (Å²) in [6.07, 6.45) is 1.85. The van der Waals surface area contributed by atoms with Crippen molar-refractivity contribution < 1.29 is 18.7 Å². The largest absolute Gasteiger partial charge is 0.495 e. The minimum absolute atomic E-state index is 0.172. The zero-order chi connectivity index (χ0) is 23.2. The van der Waals surface area contributed by atoms with Crippen molar-refractivity contribution in [1.82, 2.24) is 4.57 Å². The summed E-state index contributed by atoms with van der Waals surface area (Å²) < 4.78 is 20.6. The smallest absolute Gasteiger partial charge is 0.272 e. The fourth-order valence-corrected chi connectivity index (χ4v) is 3.44. The minimum atomic E-state index is -0.505. The number of carbonyl (C=O) groups is 2. The predicted octanol–water partition coefficient (Wildman–Crippen LogP) is 5.19. The van der Waals surface area contributed by atoms with Gasteiger partial charge in [0.1, 0.15) is 17.3 Å². The first kappa shape index (κ1) is 21.8. The van der Waals surface area contributed by atoms with Crippen molar-refractivity contribution in [1.29, 1.82) is 0 Å². The number of aromatic nitrogens is 1. The molecule has 4 aromatic rings. The Morgan fingerprint density at radius 3 is 2.45 bits per heavy atom. The van der Waals surface area contributed by atoms with E-state index in [-0.39, 0.29) is 11.5 Å². The second kappa shape index (κ2) is 9.82. The van der Waals surface area contributed by atoms with Crippen LogP contribution in [0, 0.1) is 5.82 Å². The number of hydrogen-bond donors (Lipinski definition) is 2. The summed E-state index contributed by atoms with van der Waals surface area (Å²) in [7, 11) is 1.47. The molecule has 0 bridgehead atoms. The van der Waals surface area contributed by atoms with Gasteiger partial charge >= 0.3 is 0 Å². The summed E-state index contributed by atoms with van der Waals surface area (Å²) in [6, 6.07) is 23.7. The molecule has 0 saturated heterocycles. The number of hydrogen-bond acceptors (Lipinski definition) is 3. The number of amides is 2. The minimum Gasteiger partial charge on any atom is -0.495 e. The molecular weight excluding hydrogens is 421 g/mol. The maximum atomic E-state index is 13.5. The molecule has 0 atom stereocenters. The van der Waals surface area contributed by atoms with Crippen molar-refractivity contribution in [2.24, 2.45) is 0 Å². The Balaban J connectivity index is 1.52. The molecule has 4 rings (SSSR count). The number of nitrogens with zero attached hydrogens (tertiary/aromatic N) is 1. The normalized spacial score (nSPS) is 10.5. The molecule has 0 aliphatic rings. The quantitative estimate of drug-likeness (QED) is 0.413. The Labute approximate surface area is 190 Å². The van der Waals surface area contributed by atoms with E-state index in [1.165, 1.54) is 25.3 Å². The number of nitrogens with one attached hydrogen (secondary N) is 2. The Morgan fingerprint density at radius 2 is 1.70 bits per heavy atom. The van der Waals surface area contributed by atoms with E-state index in [1.54, 1.807) is 24.3 Å². The van der Waals surface area contributed by atoms with Gasteiger partial charge in [-0.25, -0.2) is 4.39 Å². The van der Waals surface area contributed by atoms with E-state index in [4.69, 9.17) is 4.74 Å². The lowest BCUT2D eigenvalue weighted by Gasteiger charge is -2.14. The van der Waals surface area contributed by atoms with Gasteiger partial charge in [-0.3, -0.25) is 9.59 Å². The Bertz CT molecular complexity index is 1280. The van der Waals surface area contributed by atoms with Crippen molar-refractivity contribution in [3.8, 4) is 5.75 Å². The van der Waals surface area contributed by atoms with Crippen LogP contribution in [0.15, 0.2) is 91.1 Å². The molecule has 0 aliphatic carbocycles. The van der Waals surface area contributed by atoms with E-state index in [0.29, 0.717) is 29.4 Å². The molecule has 2 amide bonds. The SMILES string of the molecule is COc1ccc(NC(=O)c2cccn2Cc2ccccc2)cc1NC(=O)c1cccc(F)c1. The molecule has 2 N–H and O–H groups in total. The number of rotatable bonds is 7. The van der Waals surface area contributed by atoms with E-state index in [9.17, 15) is 14.0 Å². The first-order valence-corrected chi connectivity index (χ1v) is 10.3. The van der Waals surface area contributed by atoms with Crippen LogP contribution in [-0.4, -0.2) is 23.5 Å². The number of halogens is 1. The molecule has 6 nitrogen and oxygen atoms in total. The van der Waals surface area contributed by atoms with Gasteiger partial charge < -0.3 is 19.9 Å². The predicted molar refractivity (Wildman–Crippen MR) is 125 cm³/mol. The highest BCUT2D eigenvalue weighted by molar-refractivity contribution is 6.06. The van der Waals surface area contributed by atoms with Gasteiger partial charge in [0.25, 0.3) is 11.8 Å². The molecule has 0 aliphatic heterocycles. The molecule has 0 spiro atoms. The van der Waals surface area contributed by atoms with Crippen LogP contribution in [-0.2, 0) is 6.54 Å². The topological polar surface area (TPSA) is 72.4 Å². The summed E-state index contributed by atoms with van der Waals surface area (Å²) in [5.74, 6) is -0.879. The first-order valence-electron chi connectivity index (χ1n) is 10.3. The van der Waals surface area contributed by atoms with Crippen molar-refractivity contribution >= 4 is 23.2 Å². The lowest BCUT2D eigenvalue weighted by molar-refractivity contribution is 0.101. The van der Waals surface area contributed by atoms with Crippen molar-refractivity contribution in [3.63, 3.8) is 0 Å². The van der Waals surface area contributed by atoms with Crippen LogP contribution >= 0.6 is 0 Å². The van der Waals surface area contributed by atoms with Gasteiger partial charge in [-0.2, -0.15) is 0 Å². The fourth-order valence-electron chi connectivity index (χ4n) is 3.44. The summed E-state index contributed by atoms with van der Waals surface area (Å²) >= 11 is 0. The highest BCUT2D eigenvalue weighted by Crippen LogP contribution is 2.29. The molecule has 3 aromatic carbocycles. The summed E-state index contributed by atoms with van der Waals surface area (Å²) in [5.41, 5.74) is 2.58. The first-order chi connectivity index (χ1) is 16.0. The second-order valence-corrected chi connectivity index (χ2v) is 7.34. The molecule has 7 heteroatoms. The molecule has 1 heterocycles. The van der Waals surface area contributed by atoms with Gasteiger partial charge in [0.15, 0.2) is 0 Å². The van der Waals surface area contributed by atoms with Crippen molar-refractivity contribution in [2.45, 2.75) is 6.54 Å². The zero-order valence-corrected chi connectivity index (χ0v) is 17.9. The lowest BCUT2D eigenvalue weighted by Crippen LogP contribution is -2.18. The lowest BCUT2D eigenvalue weighted by atomic mass is 10.2. The Kier molecular flexibility index (Phi) is 6.50. The van der Waals surface area contributed by atoms with E-state index < -0.39 is 11.7 Å². The van der Waals surface area contributed by atoms with E-state index in [2.05, 4.69) is 10.6 Å². The zero-order valence-electron chi connectivity index (χ0n) is 17.9. The van der Waals surface area contributed by atoms with Crippen LogP contribution in [0.25, 0.3) is 0 Å². The third kappa shape index (κ3) is 5.27. The number of carbonyl (C=O) groups excluding carboxylic acids is 2. The fraction of sp³-hybridized carbons (Fsp3) is 0.0769. The summed E-state index contributed by atoms with van der Waals surface area (Å²) in [6.45, 7) is 0.564. The number of methoxy groups -OCH3 is 1. The average Bonchev–Trinajstić information content (AvgIpc) is 3.28. The van der Waals surface area contributed by atoms with Crippen LogP contribution in [0.3, 0.4) is 0 Å². The highest BCUT2D eigenvalue weighted by atomic mass is 19.1. The Morgan fingerprint density at radius 1 is 0.879 bits per heavy atom. The molecule has 1 aromatic heterocycles. The monoisotopic (exact) mass is 443 g/mol. The molecule has 0 unspecified atom stereocenters. The van der Waals surface area contributed by atoms with Crippen LogP contribution in [0.5, 0.6) is 5.75 Å². The van der Waals surface area contributed by atoms with E-state index in [1.807, 2.05) is 47.2 Å². The third-order valence-electron chi connectivity index (χ3n) is 5.05. The molecule has 166 valence electrons. The average molecular weight is 443 g/mol. The van der Waals surface area contributed by atoms with Crippen LogP contribution in [0.1, 0.15) is 26.4 Å². The number of ether oxygens (including phenoxy) is 1. The van der Waals surface area contributed by atoms with E-state index >= 15 is 0 Å². The summed E-state index contributed by atoms with van der Waals surface area (Å²) in [4.78, 5) is 25.5. The standard InChI is InChI=1S/C26H22FN3O3/c1-33-24-13-12-21(16-22(24)29-25(31)19-9-5-10-20(27)15-19)28-26(32)23-11-6-14-30(23)17-18-7-3-2-4-8-18/h2-16H,17H2,1H3,(H,28,32)(H,29,31). The molecule has 0 saturated carbocycles. The molecule has 0 fully saturated rings. The number of benzene rings is 3. The maximum Gasteiger partial charge on any atom is 0.272 e. The third-order valence-corrected chi connectivity index (χ3v) is 5.05. The van der Waals surface area contributed by atoms with Crippen LogP contribution < -0.4 is 15.4 Å². The second-order valence-electron chi connectivity index (χ2n) is 7.34. The number of anilines is 2. The summed E-state index contributed by atoms with van der Waals surface area (Å²) in [5, 5.41) is 5.57. The van der Waals surface area contributed by atoms with Gasteiger partial charge in [0.05, 0.1) is 12.8 Å². The van der Waals surface area contributed by atoms with Gasteiger partial charge in [0.2, 0.25) is 0 Å². The highest BCUT2D eigenvalue weighted by Gasteiger charge is 2.15. The molecule has 33 heavy (non-hydrogen) atoms.